The van der Waals surface area contributed by atoms with Crippen LogP contribution in [0.15, 0.2) is 24.4 Å². The standard InChI is InChI=1S/C17H22N4O4/c1-5-7-18-17-19-8-6-12(21-17)16(22)20-11-9-13(23-2)15(25-4)14(10-11)24-3/h6,8-10H,5,7H2,1-4H3,(H,20,22)(H,18,19,21). The number of carbonyl (C=O) groups excluding carboxylic acids is 1. The molecule has 0 aliphatic heterocycles. The van der Waals surface area contributed by atoms with Gasteiger partial charge in [-0.2, -0.15) is 0 Å². The first-order valence-corrected chi connectivity index (χ1v) is 7.81. The molecule has 2 aromatic rings. The molecule has 0 bridgehead atoms. The fourth-order valence-electron chi connectivity index (χ4n) is 2.16. The second kappa shape index (κ2) is 8.72. The maximum atomic E-state index is 12.5. The summed E-state index contributed by atoms with van der Waals surface area (Å²) in [6, 6.07) is 4.85. The predicted octanol–water partition coefficient (Wildman–Crippen LogP) is 2.58. The van der Waals surface area contributed by atoms with Crippen LogP contribution >= 0.6 is 0 Å². The quantitative estimate of drug-likeness (QED) is 0.758. The van der Waals surface area contributed by atoms with E-state index in [1.807, 2.05) is 6.92 Å². The molecule has 0 atom stereocenters. The van der Waals surface area contributed by atoms with Gasteiger partial charge in [0.15, 0.2) is 11.5 Å². The van der Waals surface area contributed by atoms with Crippen LogP contribution in [0.3, 0.4) is 0 Å². The van der Waals surface area contributed by atoms with Gasteiger partial charge in [-0.1, -0.05) is 6.92 Å². The van der Waals surface area contributed by atoms with Gasteiger partial charge in [0.2, 0.25) is 11.7 Å². The van der Waals surface area contributed by atoms with Gasteiger partial charge >= 0.3 is 0 Å². The first-order chi connectivity index (χ1) is 12.1. The van der Waals surface area contributed by atoms with E-state index in [0.717, 1.165) is 13.0 Å². The molecule has 1 aromatic carbocycles. The third kappa shape index (κ3) is 4.50. The number of hydrogen-bond donors (Lipinski definition) is 2. The molecule has 25 heavy (non-hydrogen) atoms. The summed E-state index contributed by atoms with van der Waals surface area (Å²) < 4.78 is 15.8. The number of ether oxygens (including phenoxy) is 3. The number of nitrogens with one attached hydrogen (secondary N) is 2. The van der Waals surface area contributed by atoms with E-state index in [9.17, 15) is 4.79 Å². The Morgan fingerprint density at radius 1 is 1.12 bits per heavy atom. The maximum absolute atomic E-state index is 12.5. The highest BCUT2D eigenvalue weighted by Gasteiger charge is 2.16. The van der Waals surface area contributed by atoms with E-state index < -0.39 is 0 Å². The Balaban J connectivity index is 2.23. The van der Waals surface area contributed by atoms with Crippen molar-refractivity contribution in [3.8, 4) is 17.2 Å². The van der Waals surface area contributed by atoms with Crippen LogP contribution in [0.4, 0.5) is 11.6 Å². The van der Waals surface area contributed by atoms with Crippen molar-refractivity contribution in [1.82, 2.24) is 9.97 Å². The van der Waals surface area contributed by atoms with Gasteiger partial charge < -0.3 is 24.8 Å². The zero-order valence-corrected chi connectivity index (χ0v) is 14.8. The van der Waals surface area contributed by atoms with Gasteiger partial charge in [-0.05, 0) is 12.5 Å². The number of anilines is 2. The molecule has 0 unspecified atom stereocenters. The fraction of sp³-hybridized carbons (Fsp3) is 0.353. The molecule has 0 saturated carbocycles. The second-order valence-electron chi connectivity index (χ2n) is 5.06. The molecule has 2 N–H and O–H groups in total. The summed E-state index contributed by atoms with van der Waals surface area (Å²) >= 11 is 0. The molecule has 8 nitrogen and oxygen atoms in total. The third-order valence-electron chi connectivity index (χ3n) is 3.34. The summed E-state index contributed by atoms with van der Waals surface area (Å²) in [6.07, 6.45) is 2.47. The van der Waals surface area contributed by atoms with Gasteiger partial charge in [-0.3, -0.25) is 4.79 Å². The lowest BCUT2D eigenvalue weighted by Crippen LogP contribution is -2.15. The largest absolute Gasteiger partial charge is 0.493 e. The minimum Gasteiger partial charge on any atom is -0.493 e. The number of aromatic nitrogens is 2. The molecular weight excluding hydrogens is 324 g/mol. The predicted molar refractivity (Wildman–Crippen MR) is 94.9 cm³/mol. The Bertz CT molecular complexity index is 711. The van der Waals surface area contributed by atoms with Crippen molar-refractivity contribution in [2.24, 2.45) is 0 Å². The normalized spacial score (nSPS) is 10.1. The molecule has 134 valence electrons. The number of carbonyl (C=O) groups is 1. The molecule has 0 aliphatic carbocycles. The van der Waals surface area contributed by atoms with E-state index in [0.29, 0.717) is 28.9 Å². The minimum atomic E-state index is -0.365. The molecule has 0 aliphatic rings. The van der Waals surface area contributed by atoms with Gasteiger partial charge in [0.05, 0.1) is 21.3 Å². The SMILES string of the molecule is CCCNc1nccc(C(=O)Nc2cc(OC)c(OC)c(OC)c2)n1. The zero-order chi connectivity index (χ0) is 18.2. The van der Waals surface area contributed by atoms with Crippen LogP contribution < -0.4 is 24.8 Å². The molecule has 1 aromatic heterocycles. The summed E-state index contributed by atoms with van der Waals surface area (Å²) in [5.41, 5.74) is 0.753. The topological polar surface area (TPSA) is 94.6 Å². The molecule has 0 spiro atoms. The molecule has 2 rings (SSSR count). The summed E-state index contributed by atoms with van der Waals surface area (Å²) in [6.45, 7) is 2.77. The Morgan fingerprint density at radius 2 is 1.80 bits per heavy atom. The summed E-state index contributed by atoms with van der Waals surface area (Å²) in [7, 11) is 4.54. The average Bonchev–Trinajstić information content (AvgIpc) is 2.65. The van der Waals surface area contributed by atoms with Crippen molar-refractivity contribution in [3.63, 3.8) is 0 Å². The lowest BCUT2D eigenvalue weighted by Gasteiger charge is -2.14. The van der Waals surface area contributed by atoms with E-state index in [2.05, 4.69) is 20.6 Å². The van der Waals surface area contributed by atoms with E-state index in [1.54, 1.807) is 18.2 Å². The Labute approximate surface area is 146 Å². The molecule has 0 fully saturated rings. The van der Waals surface area contributed by atoms with Crippen LogP contribution in [-0.4, -0.2) is 43.7 Å². The summed E-state index contributed by atoms with van der Waals surface area (Å²) in [5, 5.41) is 5.82. The molecule has 8 heteroatoms. The number of benzene rings is 1. The van der Waals surface area contributed by atoms with Crippen molar-refractivity contribution in [2.45, 2.75) is 13.3 Å². The van der Waals surface area contributed by atoms with E-state index in [1.165, 1.54) is 27.5 Å². The van der Waals surface area contributed by atoms with E-state index in [-0.39, 0.29) is 11.6 Å². The fourth-order valence-corrected chi connectivity index (χ4v) is 2.16. The number of hydrogen-bond acceptors (Lipinski definition) is 7. The van der Waals surface area contributed by atoms with Crippen LogP contribution in [0.2, 0.25) is 0 Å². The van der Waals surface area contributed by atoms with Gasteiger partial charge in [0, 0.05) is 30.6 Å². The lowest BCUT2D eigenvalue weighted by atomic mass is 10.2. The van der Waals surface area contributed by atoms with Gasteiger partial charge in [-0.25, -0.2) is 9.97 Å². The highest BCUT2D eigenvalue weighted by molar-refractivity contribution is 6.03. The maximum Gasteiger partial charge on any atom is 0.274 e. The molecule has 1 amide bonds. The number of methoxy groups -OCH3 is 3. The number of amides is 1. The Kier molecular flexibility index (Phi) is 6.39. The molecule has 0 radical (unpaired) electrons. The third-order valence-corrected chi connectivity index (χ3v) is 3.34. The van der Waals surface area contributed by atoms with E-state index >= 15 is 0 Å². The first-order valence-electron chi connectivity index (χ1n) is 7.81. The van der Waals surface area contributed by atoms with Crippen molar-refractivity contribution < 1.29 is 19.0 Å². The van der Waals surface area contributed by atoms with Crippen molar-refractivity contribution in [1.29, 1.82) is 0 Å². The van der Waals surface area contributed by atoms with Gasteiger partial charge in [0.25, 0.3) is 5.91 Å². The summed E-state index contributed by atoms with van der Waals surface area (Å²) in [4.78, 5) is 20.7. The van der Waals surface area contributed by atoms with Crippen molar-refractivity contribution in [3.05, 3.63) is 30.1 Å². The van der Waals surface area contributed by atoms with Crippen molar-refractivity contribution >= 4 is 17.5 Å². The monoisotopic (exact) mass is 346 g/mol. The zero-order valence-electron chi connectivity index (χ0n) is 14.8. The molecule has 0 saturated heterocycles. The second-order valence-corrected chi connectivity index (χ2v) is 5.06. The van der Waals surface area contributed by atoms with E-state index in [4.69, 9.17) is 14.2 Å². The number of rotatable bonds is 8. The van der Waals surface area contributed by atoms with Crippen LogP contribution in [0.5, 0.6) is 17.2 Å². The Hall–Kier alpha value is -3.03. The lowest BCUT2D eigenvalue weighted by molar-refractivity contribution is 0.102. The smallest absolute Gasteiger partial charge is 0.274 e. The van der Waals surface area contributed by atoms with Crippen molar-refractivity contribution in [2.75, 3.05) is 38.5 Å². The summed E-state index contributed by atoms with van der Waals surface area (Å²) in [5.74, 6) is 1.40. The minimum absolute atomic E-state index is 0.252. The highest BCUT2D eigenvalue weighted by Crippen LogP contribution is 2.39. The Morgan fingerprint density at radius 3 is 2.36 bits per heavy atom. The first kappa shape index (κ1) is 18.3. The molecular formula is C17H22N4O4. The van der Waals surface area contributed by atoms with Crippen LogP contribution in [0, 0.1) is 0 Å². The van der Waals surface area contributed by atoms with Gasteiger partial charge in [-0.15, -0.1) is 0 Å². The highest BCUT2D eigenvalue weighted by atomic mass is 16.5. The number of nitrogens with zero attached hydrogens (tertiary/aromatic N) is 2. The molecule has 1 heterocycles. The van der Waals surface area contributed by atoms with Crippen LogP contribution in [0.1, 0.15) is 23.8 Å². The van der Waals surface area contributed by atoms with Crippen LogP contribution in [-0.2, 0) is 0 Å². The average molecular weight is 346 g/mol. The van der Waals surface area contributed by atoms with Gasteiger partial charge in [0.1, 0.15) is 5.69 Å². The van der Waals surface area contributed by atoms with Crippen LogP contribution in [0.25, 0.3) is 0 Å².